The average molecular weight is 947 g/mol. The van der Waals surface area contributed by atoms with E-state index in [9.17, 15) is 19.8 Å². The predicted octanol–water partition coefficient (Wildman–Crippen LogP) is 18.9. The van der Waals surface area contributed by atoms with E-state index in [0.29, 0.717) is 25.9 Å². The number of hydrogen-bond donors (Lipinski definition) is 3. The summed E-state index contributed by atoms with van der Waals surface area (Å²) in [7, 11) is 0. The van der Waals surface area contributed by atoms with Crippen LogP contribution in [0.5, 0.6) is 0 Å². The van der Waals surface area contributed by atoms with Crippen molar-refractivity contribution < 1.29 is 24.5 Å². The van der Waals surface area contributed by atoms with Gasteiger partial charge in [0.1, 0.15) is 0 Å². The molecule has 0 saturated carbocycles. The van der Waals surface area contributed by atoms with Gasteiger partial charge in [0.15, 0.2) is 0 Å². The highest BCUT2D eigenvalue weighted by atomic mass is 16.5. The molecule has 1 amide bonds. The normalized spacial score (nSPS) is 12.6. The zero-order chi connectivity index (χ0) is 48.6. The third kappa shape index (κ3) is 53.8. The molecule has 2 unspecified atom stereocenters. The zero-order valence-electron chi connectivity index (χ0n) is 45.4. The number of ether oxygens (including phenoxy) is 1. The van der Waals surface area contributed by atoms with Crippen molar-refractivity contribution in [3.05, 3.63) is 12.2 Å². The number of aliphatic hydroxyl groups excluding tert-OH is 2. The van der Waals surface area contributed by atoms with Crippen LogP contribution in [0, 0.1) is 0 Å². The largest absolute Gasteiger partial charge is 0.466 e. The van der Waals surface area contributed by atoms with Gasteiger partial charge < -0.3 is 20.3 Å². The highest BCUT2D eigenvalue weighted by Crippen LogP contribution is 2.18. The standard InChI is InChI=1S/C61H119NO5/c1-3-5-7-9-11-13-15-17-19-23-27-31-35-39-43-47-51-55-61(66)67-56-52-48-44-40-36-32-28-25-22-20-21-24-26-30-34-38-42-46-50-54-60(65)62-58(57-63)59(64)53-49-45-41-37-33-29-18-16-14-12-10-8-6-4-2/h20-21,58-59,63-64H,3-19,22-57H2,1-2H3,(H,62,65)/b21-20-. The molecule has 0 heterocycles. The zero-order valence-corrected chi connectivity index (χ0v) is 45.4. The van der Waals surface area contributed by atoms with Gasteiger partial charge in [0, 0.05) is 12.8 Å². The van der Waals surface area contributed by atoms with Crippen molar-refractivity contribution in [1.82, 2.24) is 5.32 Å². The fourth-order valence-corrected chi connectivity index (χ4v) is 9.64. The smallest absolute Gasteiger partial charge is 0.305 e. The first kappa shape index (κ1) is 65.6. The van der Waals surface area contributed by atoms with Crippen LogP contribution in [0.2, 0.25) is 0 Å². The van der Waals surface area contributed by atoms with Gasteiger partial charge in [-0.25, -0.2) is 0 Å². The lowest BCUT2D eigenvalue weighted by Crippen LogP contribution is -2.45. The number of carbonyl (C=O) groups is 2. The Bertz CT molecular complexity index is 1000. The van der Waals surface area contributed by atoms with Gasteiger partial charge in [-0.05, 0) is 51.4 Å². The van der Waals surface area contributed by atoms with E-state index >= 15 is 0 Å². The number of allylic oxidation sites excluding steroid dienone is 2. The molecule has 0 spiro atoms. The van der Waals surface area contributed by atoms with Gasteiger partial charge in [-0.1, -0.05) is 289 Å². The third-order valence-corrected chi connectivity index (χ3v) is 14.3. The van der Waals surface area contributed by atoms with E-state index in [1.807, 2.05) is 0 Å². The molecule has 0 rings (SSSR count). The van der Waals surface area contributed by atoms with Gasteiger partial charge in [-0.2, -0.15) is 0 Å². The SMILES string of the molecule is CCCCCCCCCCCCCCCCCCCC(=O)OCCCCCCCCCC/C=C\CCCCCCCCCC(=O)NC(CO)C(O)CCCCCCCCCCCCCCCC. The summed E-state index contributed by atoms with van der Waals surface area (Å²) < 4.78 is 5.49. The Morgan fingerprint density at radius 2 is 0.701 bits per heavy atom. The molecule has 67 heavy (non-hydrogen) atoms. The number of hydrogen-bond acceptors (Lipinski definition) is 5. The molecule has 0 aromatic heterocycles. The topological polar surface area (TPSA) is 95.9 Å². The van der Waals surface area contributed by atoms with Gasteiger partial charge in [0.25, 0.3) is 0 Å². The number of unbranched alkanes of at least 4 members (excludes halogenated alkanes) is 44. The van der Waals surface area contributed by atoms with Crippen LogP contribution in [0.3, 0.4) is 0 Å². The lowest BCUT2D eigenvalue weighted by molar-refractivity contribution is -0.143. The van der Waals surface area contributed by atoms with Crippen LogP contribution >= 0.6 is 0 Å². The second-order valence-electron chi connectivity index (χ2n) is 21.0. The van der Waals surface area contributed by atoms with Gasteiger partial charge in [-0.3, -0.25) is 9.59 Å². The molecule has 0 bridgehead atoms. The van der Waals surface area contributed by atoms with Crippen molar-refractivity contribution >= 4 is 11.9 Å². The molecule has 0 radical (unpaired) electrons. The van der Waals surface area contributed by atoms with Gasteiger partial charge in [-0.15, -0.1) is 0 Å². The molecule has 0 fully saturated rings. The monoisotopic (exact) mass is 946 g/mol. The minimum absolute atomic E-state index is 0.00855. The van der Waals surface area contributed by atoms with E-state index in [2.05, 4.69) is 31.3 Å². The Labute approximate surface area is 419 Å². The molecule has 0 aliphatic carbocycles. The van der Waals surface area contributed by atoms with Gasteiger partial charge in [0.05, 0.1) is 25.4 Å². The Morgan fingerprint density at radius 3 is 1.06 bits per heavy atom. The van der Waals surface area contributed by atoms with E-state index in [1.165, 1.54) is 270 Å². The summed E-state index contributed by atoms with van der Waals surface area (Å²) in [5.41, 5.74) is 0. The van der Waals surface area contributed by atoms with Crippen LogP contribution in [0.1, 0.15) is 341 Å². The second kappa shape index (κ2) is 57.2. The molecule has 0 saturated heterocycles. The molecule has 0 aliphatic heterocycles. The summed E-state index contributed by atoms with van der Waals surface area (Å²) in [5.74, 6) is -0.0341. The van der Waals surface area contributed by atoms with Crippen molar-refractivity contribution in [3.8, 4) is 0 Å². The summed E-state index contributed by atoms with van der Waals surface area (Å²) in [5, 5.41) is 23.3. The molecular weight excluding hydrogens is 827 g/mol. The molecule has 2 atom stereocenters. The van der Waals surface area contributed by atoms with Crippen LogP contribution in [0.4, 0.5) is 0 Å². The molecule has 0 aromatic carbocycles. The minimum Gasteiger partial charge on any atom is -0.466 e. The van der Waals surface area contributed by atoms with Crippen molar-refractivity contribution in [1.29, 1.82) is 0 Å². The lowest BCUT2D eigenvalue weighted by Gasteiger charge is -2.22. The third-order valence-electron chi connectivity index (χ3n) is 14.3. The average Bonchev–Trinajstić information content (AvgIpc) is 3.33. The van der Waals surface area contributed by atoms with Gasteiger partial charge >= 0.3 is 5.97 Å². The molecule has 6 heteroatoms. The number of esters is 1. The molecular formula is C61H119NO5. The molecule has 0 aromatic rings. The molecule has 398 valence electrons. The lowest BCUT2D eigenvalue weighted by atomic mass is 10.0. The first-order chi connectivity index (χ1) is 33.0. The number of carbonyl (C=O) groups excluding carboxylic acids is 2. The quantitative estimate of drug-likeness (QED) is 0.0321. The fourth-order valence-electron chi connectivity index (χ4n) is 9.64. The highest BCUT2D eigenvalue weighted by Gasteiger charge is 2.20. The maximum atomic E-state index is 12.5. The van der Waals surface area contributed by atoms with Gasteiger partial charge in [0.2, 0.25) is 5.91 Å². The first-order valence-electron chi connectivity index (χ1n) is 30.4. The van der Waals surface area contributed by atoms with Crippen LogP contribution in [0.25, 0.3) is 0 Å². The van der Waals surface area contributed by atoms with E-state index in [4.69, 9.17) is 4.74 Å². The molecule has 3 N–H and O–H groups in total. The number of nitrogens with one attached hydrogen (secondary N) is 1. The summed E-state index contributed by atoms with van der Waals surface area (Å²) >= 11 is 0. The number of aliphatic hydroxyl groups is 2. The Hall–Kier alpha value is -1.40. The van der Waals surface area contributed by atoms with Crippen LogP contribution in [-0.4, -0.2) is 47.4 Å². The first-order valence-corrected chi connectivity index (χ1v) is 30.4. The Kier molecular flexibility index (Phi) is 56.0. The Balaban J connectivity index is 3.41. The van der Waals surface area contributed by atoms with Crippen LogP contribution in [0.15, 0.2) is 12.2 Å². The number of amides is 1. The Morgan fingerprint density at radius 1 is 0.403 bits per heavy atom. The van der Waals surface area contributed by atoms with Crippen molar-refractivity contribution in [2.24, 2.45) is 0 Å². The van der Waals surface area contributed by atoms with E-state index in [1.54, 1.807) is 0 Å². The van der Waals surface area contributed by atoms with E-state index in [0.717, 1.165) is 38.5 Å². The summed E-state index contributed by atoms with van der Waals surface area (Å²) in [6.07, 6.45) is 67.8. The van der Waals surface area contributed by atoms with Crippen LogP contribution in [-0.2, 0) is 14.3 Å². The van der Waals surface area contributed by atoms with E-state index in [-0.39, 0.29) is 18.5 Å². The fraction of sp³-hybridized carbons (Fsp3) is 0.934. The van der Waals surface area contributed by atoms with Crippen LogP contribution < -0.4 is 5.32 Å². The second-order valence-corrected chi connectivity index (χ2v) is 21.0. The minimum atomic E-state index is -0.669. The molecule has 0 aliphatic rings. The van der Waals surface area contributed by atoms with Crippen molar-refractivity contribution in [2.45, 2.75) is 353 Å². The van der Waals surface area contributed by atoms with Crippen molar-refractivity contribution in [3.63, 3.8) is 0 Å². The molecule has 6 nitrogen and oxygen atoms in total. The highest BCUT2D eigenvalue weighted by molar-refractivity contribution is 5.76. The summed E-state index contributed by atoms with van der Waals surface area (Å²) in [6, 6.07) is -0.547. The number of rotatable bonds is 57. The summed E-state index contributed by atoms with van der Waals surface area (Å²) in [4.78, 5) is 24.5. The maximum Gasteiger partial charge on any atom is 0.305 e. The van der Waals surface area contributed by atoms with E-state index < -0.39 is 12.1 Å². The van der Waals surface area contributed by atoms with Crippen molar-refractivity contribution in [2.75, 3.05) is 13.2 Å². The summed E-state index contributed by atoms with van der Waals surface area (Å²) in [6.45, 7) is 4.96. The predicted molar refractivity (Wildman–Crippen MR) is 292 cm³/mol. The maximum absolute atomic E-state index is 12.5.